The van der Waals surface area contributed by atoms with E-state index in [1.54, 1.807) is 0 Å². The van der Waals surface area contributed by atoms with Crippen molar-refractivity contribution in [1.82, 2.24) is 0 Å². The Kier molecular flexibility index (Phi) is 50.7. The number of hydrogen-bond donors (Lipinski definition) is 1. The third-order valence-corrected chi connectivity index (χ3v) is 14.5. The fourth-order valence-corrected chi connectivity index (χ4v) is 9.64. The second-order valence-corrected chi connectivity index (χ2v) is 23.2. The van der Waals surface area contributed by atoms with Crippen LogP contribution in [0, 0.1) is 0 Å². The van der Waals surface area contributed by atoms with E-state index < -0.39 is 26.5 Å². The van der Waals surface area contributed by atoms with E-state index in [0.29, 0.717) is 23.9 Å². The zero-order chi connectivity index (χ0) is 50.6. The first-order valence-electron chi connectivity index (χ1n) is 29.9. The van der Waals surface area contributed by atoms with E-state index >= 15 is 0 Å². The summed E-state index contributed by atoms with van der Waals surface area (Å²) >= 11 is 0. The first-order chi connectivity index (χ1) is 33.5. The fraction of sp³-hybridized carbons (Fsp3) is 0.932. The molecule has 410 valence electrons. The summed E-state index contributed by atoms with van der Waals surface area (Å²) in [5.74, 6) is -0.780. The van der Waals surface area contributed by atoms with Crippen LogP contribution < -0.4 is 0 Å². The largest absolute Gasteiger partial charge is 0.472 e. The summed E-state index contributed by atoms with van der Waals surface area (Å²) in [5, 5.41) is 0. The normalized spacial score (nSPS) is 13.3. The number of quaternary nitrogens is 1. The lowest BCUT2D eigenvalue weighted by Crippen LogP contribution is -2.37. The van der Waals surface area contributed by atoms with Gasteiger partial charge in [-0.15, -0.1) is 0 Å². The highest BCUT2D eigenvalue weighted by Gasteiger charge is 2.27. The van der Waals surface area contributed by atoms with Crippen molar-refractivity contribution in [1.29, 1.82) is 0 Å². The molecule has 0 amide bonds. The standard InChI is InChI=1S/C59H116NO8P/c1-6-8-10-12-14-16-18-20-22-24-26-27-28-29-30-31-32-34-35-37-39-41-43-45-47-49-51-58(61)65-55-57(56-67-69(63,64)66-54-53-60(3,4)5)68-59(62)52-50-48-46-44-42-40-38-36-33-25-23-21-19-17-15-13-11-9-7-2/h21,23,57H,6-20,22,24-56H2,1-5H3/p+1/b23-21-. The molecular weight excluding hydrogens is 882 g/mol. The highest BCUT2D eigenvalue weighted by Crippen LogP contribution is 2.43. The topological polar surface area (TPSA) is 108 Å². The maximum absolute atomic E-state index is 12.8. The van der Waals surface area contributed by atoms with Crippen LogP contribution in [0.2, 0.25) is 0 Å². The molecule has 0 fully saturated rings. The number of unbranched alkanes of at least 4 members (excludes halogenated alkanes) is 40. The molecule has 0 heterocycles. The Bertz CT molecular complexity index is 1180. The predicted molar refractivity (Wildman–Crippen MR) is 294 cm³/mol. The summed E-state index contributed by atoms with van der Waals surface area (Å²) in [7, 11) is 1.49. The molecule has 0 radical (unpaired) electrons. The van der Waals surface area contributed by atoms with E-state index in [1.807, 2.05) is 21.1 Å². The Morgan fingerprint density at radius 3 is 1.07 bits per heavy atom. The summed E-state index contributed by atoms with van der Waals surface area (Å²) in [6, 6.07) is 0. The van der Waals surface area contributed by atoms with Gasteiger partial charge in [0.15, 0.2) is 6.10 Å². The molecule has 0 saturated carbocycles. The molecule has 0 aliphatic carbocycles. The first-order valence-corrected chi connectivity index (χ1v) is 31.4. The van der Waals surface area contributed by atoms with Crippen LogP contribution in [0.5, 0.6) is 0 Å². The number of phosphoric ester groups is 1. The van der Waals surface area contributed by atoms with Crippen molar-refractivity contribution in [2.45, 2.75) is 309 Å². The number of rotatable bonds is 56. The molecule has 0 rings (SSSR count). The molecule has 2 atom stereocenters. The zero-order valence-electron chi connectivity index (χ0n) is 46.6. The molecule has 69 heavy (non-hydrogen) atoms. The second-order valence-electron chi connectivity index (χ2n) is 21.7. The molecule has 0 saturated heterocycles. The molecule has 0 aliphatic heterocycles. The number of carbonyl (C=O) groups excluding carboxylic acids is 2. The molecule has 0 aromatic heterocycles. The van der Waals surface area contributed by atoms with Crippen LogP contribution in [0.25, 0.3) is 0 Å². The van der Waals surface area contributed by atoms with Gasteiger partial charge in [-0.05, 0) is 38.5 Å². The quantitative estimate of drug-likeness (QED) is 0.0211. The van der Waals surface area contributed by atoms with Crippen molar-refractivity contribution in [2.24, 2.45) is 0 Å². The van der Waals surface area contributed by atoms with Crippen molar-refractivity contribution < 1.29 is 42.1 Å². The average Bonchev–Trinajstić information content (AvgIpc) is 3.31. The van der Waals surface area contributed by atoms with E-state index in [-0.39, 0.29) is 25.6 Å². The average molecular weight is 1000 g/mol. The highest BCUT2D eigenvalue weighted by molar-refractivity contribution is 7.47. The van der Waals surface area contributed by atoms with Gasteiger partial charge < -0.3 is 18.9 Å². The van der Waals surface area contributed by atoms with Crippen LogP contribution in [0.4, 0.5) is 0 Å². The van der Waals surface area contributed by atoms with Gasteiger partial charge in [-0.25, -0.2) is 4.57 Å². The summed E-state index contributed by atoms with van der Waals surface area (Å²) in [6.45, 7) is 4.49. The van der Waals surface area contributed by atoms with Gasteiger partial charge >= 0.3 is 19.8 Å². The van der Waals surface area contributed by atoms with E-state index in [1.165, 1.54) is 238 Å². The maximum Gasteiger partial charge on any atom is 0.472 e. The molecule has 0 spiro atoms. The Hall–Kier alpha value is -1.25. The van der Waals surface area contributed by atoms with Crippen molar-refractivity contribution in [3.63, 3.8) is 0 Å². The van der Waals surface area contributed by atoms with E-state index in [4.69, 9.17) is 18.5 Å². The second kappa shape index (κ2) is 51.6. The van der Waals surface area contributed by atoms with Gasteiger partial charge in [-0.3, -0.25) is 18.6 Å². The third-order valence-electron chi connectivity index (χ3n) is 13.5. The van der Waals surface area contributed by atoms with Gasteiger partial charge in [0.1, 0.15) is 19.8 Å². The van der Waals surface area contributed by atoms with Crippen LogP contribution in [-0.2, 0) is 32.7 Å². The highest BCUT2D eigenvalue weighted by atomic mass is 31.2. The minimum Gasteiger partial charge on any atom is -0.462 e. The minimum atomic E-state index is -4.38. The summed E-state index contributed by atoms with van der Waals surface area (Å²) in [5.41, 5.74) is 0. The number of phosphoric acid groups is 1. The summed E-state index contributed by atoms with van der Waals surface area (Å²) < 4.78 is 34.6. The smallest absolute Gasteiger partial charge is 0.462 e. The van der Waals surface area contributed by atoms with Crippen molar-refractivity contribution >= 4 is 19.8 Å². The van der Waals surface area contributed by atoms with Crippen LogP contribution in [0.15, 0.2) is 12.2 Å². The minimum absolute atomic E-state index is 0.0351. The third kappa shape index (κ3) is 55.9. The summed E-state index contributed by atoms with van der Waals surface area (Å²) in [4.78, 5) is 35.7. The number of hydrogen-bond acceptors (Lipinski definition) is 7. The molecule has 0 aromatic rings. The molecule has 1 N–H and O–H groups in total. The number of likely N-dealkylation sites (N-methyl/N-ethyl adjacent to an activating group) is 1. The van der Waals surface area contributed by atoms with E-state index in [2.05, 4.69) is 26.0 Å². The SMILES string of the molecule is CCCCCCCC/C=C\CCCCCCCCCCCC(=O)OC(COC(=O)CCCCCCCCCCCCCCCCCCCCCCCCCCCC)COP(=O)(O)OCC[N+](C)(C)C. The van der Waals surface area contributed by atoms with Crippen LogP contribution >= 0.6 is 7.82 Å². The first kappa shape index (κ1) is 67.8. The van der Waals surface area contributed by atoms with Gasteiger partial charge in [0.25, 0.3) is 0 Å². The number of carbonyl (C=O) groups is 2. The van der Waals surface area contributed by atoms with Crippen LogP contribution in [0.3, 0.4) is 0 Å². The monoisotopic (exact) mass is 999 g/mol. The summed E-state index contributed by atoms with van der Waals surface area (Å²) in [6.07, 6.45) is 60.0. The molecule has 0 aliphatic rings. The van der Waals surface area contributed by atoms with Crippen molar-refractivity contribution in [3.05, 3.63) is 12.2 Å². The van der Waals surface area contributed by atoms with Crippen LogP contribution in [0.1, 0.15) is 303 Å². The molecule has 0 aromatic carbocycles. The van der Waals surface area contributed by atoms with Gasteiger partial charge in [0.2, 0.25) is 0 Å². The predicted octanol–water partition coefficient (Wildman–Crippen LogP) is 18.4. The number of esters is 2. The Balaban J connectivity index is 4.08. The Morgan fingerprint density at radius 2 is 0.739 bits per heavy atom. The van der Waals surface area contributed by atoms with Gasteiger partial charge in [0, 0.05) is 12.8 Å². The van der Waals surface area contributed by atoms with Gasteiger partial charge in [-0.1, -0.05) is 264 Å². The Morgan fingerprint density at radius 1 is 0.435 bits per heavy atom. The van der Waals surface area contributed by atoms with Crippen molar-refractivity contribution in [3.8, 4) is 0 Å². The lowest BCUT2D eigenvalue weighted by Gasteiger charge is -2.24. The Labute approximate surface area is 428 Å². The molecule has 2 unspecified atom stereocenters. The lowest BCUT2D eigenvalue weighted by atomic mass is 10.0. The maximum atomic E-state index is 12.8. The van der Waals surface area contributed by atoms with Gasteiger partial charge in [0.05, 0.1) is 27.7 Å². The van der Waals surface area contributed by atoms with Crippen molar-refractivity contribution in [2.75, 3.05) is 47.5 Å². The number of allylic oxidation sites excluding steroid dienone is 2. The lowest BCUT2D eigenvalue weighted by molar-refractivity contribution is -0.870. The van der Waals surface area contributed by atoms with Gasteiger partial charge in [-0.2, -0.15) is 0 Å². The van der Waals surface area contributed by atoms with Crippen LogP contribution in [-0.4, -0.2) is 74.9 Å². The van der Waals surface area contributed by atoms with E-state index in [9.17, 15) is 19.0 Å². The molecular formula is C59H117NO8P+. The molecule has 10 heteroatoms. The molecule has 9 nitrogen and oxygen atoms in total. The van der Waals surface area contributed by atoms with E-state index in [0.717, 1.165) is 32.1 Å². The number of ether oxygens (including phenoxy) is 2. The fourth-order valence-electron chi connectivity index (χ4n) is 8.90. The number of nitrogens with zero attached hydrogens (tertiary/aromatic N) is 1. The molecule has 0 bridgehead atoms. The zero-order valence-corrected chi connectivity index (χ0v) is 47.5.